The lowest BCUT2D eigenvalue weighted by atomic mass is 9.94. The van der Waals surface area contributed by atoms with Gasteiger partial charge in [0, 0.05) is 10.9 Å². The minimum Gasteiger partial charge on any atom is -0.391 e. The van der Waals surface area contributed by atoms with Crippen molar-refractivity contribution >= 4 is 16.6 Å². The number of aromatic nitrogens is 1. The van der Waals surface area contributed by atoms with Crippen LogP contribution in [0.4, 0.5) is 0 Å². The van der Waals surface area contributed by atoms with Gasteiger partial charge in [0.1, 0.15) is 12.3 Å². The number of aryl methyl sites for hydroxylation is 2. The van der Waals surface area contributed by atoms with Crippen LogP contribution in [0.25, 0.3) is 10.9 Å². The first-order valence-electron chi connectivity index (χ1n) is 8.15. The molecule has 4 rings (SSSR count). The largest absolute Gasteiger partial charge is 0.391 e. The van der Waals surface area contributed by atoms with E-state index in [0.29, 0.717) is 6.61 Å². The Balaban J connectivity index is 1.59. The minimum atomic E-state index is 0.515. The molecule has 0 unspecified atom stereocenters. The Morgan fingerprint density at radius 3 is 2.91 bits per heavy atom. The Kier molecular flexibility index (Phi) is 3.62. The fourth-order valence-electron chi connectivity index (χ4n) is 3.34. The highest BCUT2D eigenvalue weighted by molar-refractivity contribution is 6.06. The Morgan fingerprint density at radius 2 is 2.00 bits per heavy atom. The predicted octanol–water partition coefficient (Wildman–Crippen LogP) is 4.73. The molecular weight excluding hydrogens is 284 g/mol. The molecule has 1 N–H and O–H groups in total. The van der Waals surface area contributed by atoms with Gasteiger partial charge in [0.25, 0.3) is 0 Å². The van der Waals surface area contributed by atoms with E-state index in [1.54, 1.807) is 0 Å². The molecule has 3 aromatic rings. The van der Waals surface area contributed by atoms with Crippen molar-refractivity contribution in [1.82, 2.24) is 4.98 Å². The fourth-order valence-corrected chi connectivity index (χ4v) is 3.34. The van der Waals surface area contributed by atoms with Crippen LogP contribution in [0.15, 0.2) is 53.7 Å². The summed E-state index contributed by atoms with van der Waals surface area (Å²) in [7, 11) is 0. The fraction of sp³-hybridized carbons (Fsp3) is 0.250. The zero-order valence-corrected chi connectivity index (χ0v) is 13.3. The number of hydrogen-bond donors (Lipinski definition) is 1. The van der Waals surface area contributed by atoms with Crippen molar-refractivity contribution in [2.45, 2.75) is 32.8 Å². The third-order valence-electron chi connectivity index (χ3n) is 4.43. The van der Waals surface area contributed by atoms with E-state index in [0.717, 1.165) is 36.2 Å². The van der Waals surface area contributed by atoms with Crippen LogP contribution in [0.3, 0.4) is 0 Å². The first-order chi connectivity index (χ1) is 11.3. The Labute approximate surface area is 136 Å². The van der Waals surface area contributed by atoms with Crippen LogP contribution < -0.4 is 0 Å². The maximum Gasteiger partial charge on any atom is 0.142 e. The molecule has 1 heterocycles. The van der Waals surface area contributed by atoms with E-state index < -0.39 is 0 Å². The summed E-state index contributed by atoms with van der Waals surface area (Å²) in [4.78, 5) is 9.15. The third-order valence-corrected chi connectivity index (χ3v) is 4.43. The average molecular weight is 304 g/mol. The molecule has 1 aromatic heterocycles. The molecule has 0 radical (unpaired) electrons. The minimum absolute atomic E-state index is 0.515. The molecule has 1 aliphatic rings. The Morgan fingerprint density at radius 1 is 1.09 bits per heavy atom. The van der Waals surface area contributed by atoms with Gasteiger partial charge in [-0.15, -0.1) is 0 Å². The van der Waals surface area contributed by atoms with E-state index in [1.807, 2.05) is 0 Å². The van der Waals surface area contributed by atoms with Crippen molar-refractivity contribution in [3.63, 3.8) is 0 Å². The standard InChI is InChI=1S/C20H20N2O/c1-14-6-4-7-15(12-14)13-23-22-19-11-5-9-17-16-8-2-3-10-18(16)21-20(17)19/h2-4,6-8,10,12,21H,5,9,11,13H2,1H3/b22-19+. The van der Waals surface area contributed by atoms with Gasteiger partial charge < -0.3 is 9.82 Å². The topological polar surface area (TPSA) is 37.4 Å². The molecular formula is C20H20N2O. The Hall–Kier alpha value is -2.55. The SMILES string of the molecule is Cc1cccc(CO/N=C2\CCCc3c2[nH]c2ccccc32)c1. The molecule has 0 aliphatic heterocycles. The molecule has 0 bridgehead atoms. The summed E-state index contributed by atoms with van der Waals surface area (Å²) in [6.45, 7) is 2.61. The van der Waals surface area contributed by atoms with Crippen LogP contribution in [0.2, 0.25) is 0 Å². The molecule has 0 spiro atoms. The number of nitrogens with zero attached hydrogens (tertiary/aromatic N) is 1. The summed E-state index contributed by atoms with van der Waals surface area (Å²) in [5, 5.41) is 5.74. The molecule has 2 aromatic carbocycles. The molecule has 0 saturated heterocycles. The second-order valence-electron chi connectivity index (χ2n) is 6.18. The van der Waals surface area contributed by atoms with Crippen molar-refractivity contribution in [2.24, 2.45) is 5.16 Å². The quantitative estimate of drug-likeness (QED) is 0.698. The lowest BCUT2D eigenvalue weighted by Gasteiger charge is -2.13. The van der Waals surface area contributed by atoms with Crippen molar-refractivity contribution in [3.8, 4) is 0 Å². The zero-order chi connectivity index (χ0) is 15.6. The van der Waals surface area contributed by atoms with Crippen LogP contribution in [0.1, 0.15) is 35.2 Å². The zero-order valence-electron chi connectivity index (χ0n) is 13.3. The van der Waals surface area contributed by atoms with Crippen LogP contribution in [-0.2, 0) is 17.9 Å². The summed E-state index contributed by atoms with van der Waals surface area (Å²) < 4.78 is 0. The van der Waals surface area contributed by atoms with Gasteiger partial charge in [0.2, 0.25) is 0 Å². The van der Waals surface area contributed by atoms with Gasteiger partial charge in [-0.1, -0.05) is 53.2 Å². The summed E-state index contributed by atoms with van der Waals surface area (Å²) in [5.74, 6) is 0. The van der Waals surface area contributed by atoms with E-state index in [-0.39, 0.29) is 0 Å². The van der Waals surface area contributed by atoms with Crippen molar-refractivity contribution in [2.75, 3.05) is 0 Å². The van der Waals surface area contributed by atoms with Gasteiger partial charge >= 0.3 is 0 Å². The van der Waals surface area contributed by atoms with E-state index in [1.165, 1.54) is 22.0 Å². The summed E-state index contributed by atoms with van der Waals surface area (Å²) in [5.41, 5.74) is 7.16. The number of oxime groups is 1. The highest BCUT2D eigenvalue weighted by Crippen LogP contribution is 2.29. The van der Waals surface area contributed by atoms with Crippen molar-refractivity contribution in [3.05, 3.63) is 70.9 Å². The monoisotopic (exact) mass is 304 g/mol. The molecule has 0 saturated carbocycles. The smallest absolute Gasteiger partial charge is 0.142 e. The van der Waals surface area contributed by atoms with E-state index in [4.69, 9.17) is 4.84 Å². The molecule has 0 fully saturated rings. The normalized spacial score (nSPS) is 15.8. The van der Waals surface area contributed by atoms with Crippen molar-refractivity contribution in [1.29, 1.82) is 0 Å². The molecule has 3 nitrogen and oxygen atoms in total. The number of fused-ring (bicyclic) bond motifs is 3. The number of hydrogen-bond acceptors (Lipinski definition) is 2. The summed E-state index contributed by atoms with van der Waals surface area (Å²) in [6, 6.07) is 16.8. The van der Waals surface area contributed by atoms with Gasteiger partial charge in [-0.05, 0) is 43.4 Å². The lowest BCUT2D eigenvalue weighted by Crippen LogP contribution is -2.11. The predicted molar refractivity (Wildman–Crippen MR) is 93.7 cm³/mol. The molecule has 23 heavy (non-hydrogen) atoms. The highest BCUT2D eigenvalue weighted by atomic mass is 16.6. The van der Waals surface area contributed by atoms with Crippen LogP contribution in [-0.4, -0.2) is 10.7 Å². The van der Waals surface area contributed by atoms with Gasteiger partial charge in [-0.2, -0.15) is 0 Å². The first-order valence-corrected chi connectivity index (χ1v) is 8.15. The molecule has 116 valence electrons. The van der Waals surface area contributed by atoms with Crippen LogP contribution in [0, 0.1) is 6.92 Å². The van der Waals surface area contributed by atoms with Gasteiger partial charge in [0.05, 0.1) is 5.69 Å². The Bertz CT molecular complexity index is 876. The molecule has 1 aliphatic carbocycles. The summed E-state index contributed by atoms with van der Waals surface area (Å²) >= 11 is 0. The highest BCUT2D eigenvalue weighted by Gasteiger charge is 2.20. The van der Waals surface area contributed by atoms with E-state index in [2.05, 4.69) is 65.6 Å². The lowest BCUT2D eigenvalue weighted by molar-refractivity contribution is 0.130. The van der Waals surface area contributed by atoms with Gasteiger partial charge in [0.15, 0.2) is 0 Å². The maximum absolute atomic E-state index is 5.63. The van der Waals surface area contributed by atoms with Crippen molar-refractivity contribution < 1.29 is 4.84 Å². The second kappa shape index (κ2) is 5.92. The summed E-state index contributed by atoms with van der Waals surface area (Å²) in [6.07, 6.45) is 3.20. The first kappa shape index (κ1) is 14.1. The van der Waals surface area contributed by atoms with Gasteiger partial charge in [-0.25, -0.2) is 0 Å². The number of benzene rings is 2. The van der Waals surface area contributed by atoms with Gasteiger partial charge in [-0.3, -0.25) is 0 Å². The number of para-hydroxylation sites is 1. The van der Waals surface area contributed by atoms with Crippen LogP contribution >= 0.6 is 0 Å². The molecule has 3 heteroatoms. The molecule has 0 atom stereocenters. The average Bonchev–Trinajstić information content (AvgIpc) is 2.95. The maximum atomic E-state index is 5.63. The molecule has 0 amide bonds. The third kappa shape index (κ3) is 2.74. The van der Waals surface area contributed by atoms with E-state index >= 15 is 0 Å². The van der Waals surface area contributed by atoms with E-state index in [9.17, 15) is 0 Å². The number of H-pyrrole nitrogens is 1. The van der Waals surface area contributed by atoms with Crippen LogP contribution in [0.5, 0.6) is 0 Å². The number of aromatic amines is 1. The number of nitrogens with one attached hydrogen (secondary N) is 1. The number of rotatable bonds is 3. The second-order valence-corrected chi connectivity index (χ2v) is 6.18.